The van der Waals surface area contributed by atoms with E-state index in [0.29, 0.717) is 18.0 Å². The largest absolute Gasteiger partial charge is 0.492 e. The maximum atomic E-state index is 13.2. The van der Waals surface area contributed by atoms with Gasteiger partial charge < -0.3 is 20.7 Å². The molecule has 1 fully saturated rings. The van der Waals surface area contributed by atoms with Crippen LogP contribution in [-0.4, -0.2) is 46.8 Å². The number of carbonyl (C=O) groups is 2. The first kappa shape index (κ1) is 17.0. The Morgan fingerprint density at radius 1 is 1.35 bits per heavy atom. The van der Waals surface area contributed by atoms with Crippen molar-refractivity contribution < 1.29 is 22.8 Å². The summed E-state index contributed by atoms with van der Waals surface area (Å²) < 4.78 is 42.6. The van der Waals surface area contributed by atoms with Crippen LogP contribution in [0.2, 0.25) is 0 Å². The molecule has 9 nitrogen and oxygen atoms in total. The van der Waals surface area contributed by atoms with Crippen molar-refractivity contribution >= 4 is 39.9 Å². The van der Waals surface area contributed by atoms with Gasteiger partial charge in [-0.1, -0.05) is 0 Å². The Balaban J connectivity index is 1.74. The molecule has 1 aliphatic carbocycles. The fraction of sp³-hybridized carbons (Fsp3) is 0.333. The van der Waals surface area contributed by atoms with Gasteiger partial charge in [0.05, 0.1) is 36.2 Å². The Bertz CT molecular complexity index is 1260. The fourth-order valence-corrected chi connectivity index (χ4v) is 3.37. The van der Waals surface area contributed by atoms with Gasteiger partial charge in [-0.05, 0) is 25.5 Å². The van der Waals surface area contributed by atoms with Crippen LogP contribution in [0.25, 0.3) is 10.9 Å². The number of pyridine rings is 1. The SMILES string of the molecule is [2H]C([2H])([2H])NC(=O)c1cnc(NC(=O)[C@@H]2C[C@H]2F)cc1Nc1ccc2cnn(CC)c2c1OC. The standard InChI is InChI=1S/C21H23FN6O3/c1-4-28-18-11(9-25-28)5-6-15(19(18)31-3)26-16-8-17(24-10-13(16)20(29)23-2)27-21(30)12-7-14(12)22/h5-6,8-10,12,14H,4,7H2,1-3H3,(H,23,29)(H2,24,26,27,30)/t12-,14-/m1/s1/i2D3. The molecule has 0 spiro atoms. The van der Waals surface area contributed by atoms with E-state index in [-0.39, 0.29) is 23.5 Å². The Labute approximate surface area is 182 Å². The minimum atomic E-state index is -2.71. The number of benzene rings is 1. The average molecular weight is 429 g/mol. The van der Waals surface area contributed by atoms with Crippen LogP contribution in [0.15, 0.2) is 30.6 Å². The molecular formula is C21H23FN6O3. The molecule has 2 atom stereocenters. The average Bonchev–Trinajstić information content (AvgIpc) is 3.36. The number of nitrogens with one attached hydrogen (secondary N) is 3. The molecule has 31 heavy (non-hydrogen) atoms. The van der Waals surface area contributed by atoms with Crippen LogP contribution in [0.4, 0.5) is 21.6 Å². The quantitative estimate of drug-likeness (QED) is 0.533. The van der Waals surface area contributed by atoms with Gasteiger partial charge in [0.15, 0.2) is 5.75 Å². The summed E-state index contributed by atoms with van der Waals surface area (Å²) in [6.45, 7) is -0.186. The van der Waals surface area contributed by atoms with E-state index in [2.05, 4.69) is 20.7 Å². The number of hydrogen-bond donors (Lipinski definition) is 3. The van der Waals surface area contributed by atoms with Crippen molar-refractivity contribution in [2.45, 2.75) is 26.1 Å². The van der Waals surface area contributed by atoms with E-state index in [1.807, 2.05) is 18.3 Å². The number of methoxy groups -OCH3 is 1. The second kappa shape index (κ2) is 8.21. The molecule has 4 rings (SSSR count). The van der Waals surface area contributed by atoms with Gasteiger partial charge in [-0.2, -0.15) is 5.10 Å². The predicted molar refractivity (Wildman–Crippen MR) is 115 cm³/mol. The number of carbonyl (C=O) groups excluding carboxylic acids is 2. The second-order valence-corrected chi connectivity index (χ2v) is 7.09. The lowest BCUT2D eigenvalue weighted by molar-refractivity contribution is -0.117. The third-order valence-electron chi connectivity index (χ3n) is 5.09. The molecule has 2 amide bonds. The zero-order chi connectivity index (χ0) is 24.6. The van der Waals surface area contributed by atoms with E-state index in [1.54, 1.807) is 16.9 Å². The number of aryl methyl sites for hydroxylation is 1. The molecule has 2 heterocycles. The minimum Gasteiger partial charge on any atom is -0.492 e. The second-order valence-electron chi connectivity index (χ2n) is 7.09. The number of rotatable bonds is 7. The number of alkyl halides is 1. The Kier molecular flexibility index (Phi) is 4.51. The maximum Gasteiger partial charge on any atom is 0.254 e. The molecule has 2 aromatic heterocycles. The Morgan fingerprint density at radius 2 is 2.16 bits per heavy atom. The van der Waals surface area contributed by atoms with Gasteiger partial charge in [-0.25, -0.2) is 9.37 Å². The number of fused-ring (bicyclic) bond motifs is 1. The number of hydrogen-bond acceptors (Lipinski definition) is 6. The van der Waals surface area contributed by atoms with Gasteiger partial charge in [0, 0.05) is 35.3 Å². The van der Waals surface area contributed by atoms with Crippen molar-refractivity contribution in [1.82, 2.24) is 20.1 Å². The first-order valence-electron chi connectivity index (χ1n) is 11.2. The van der Waals surface area contributed by atoms with Crippen LogP contribution in [0.3, 0.4) is 0 Å². The zero-order valence-electron chi connectivity index (χ0n) is 19.9. The van der Waals surface area contributed by atoms with Crippen molar-refractivity contribution in [3.05, 3.63) is 36.2 Å². The van der Waals surface area contributed by atoms with Gasteiger partial charge in [-0.3, -0.25) is 14.3 Å². The summed E-state index contributed by atoms with van der Waals surface area (Å²) in [6.07, 6.45) is 1.82. The van der Waals surface area contributed by atoms with Gasteiger partial charge >= 0.3 is 0 Å². The van der Waals surface area contributed by atoms with Crippen LogP contribution in [0.1, 0.15) is 27.8 Å². The number of nitrogens with zero attached hydrogens (tertiary/aromatic N) is 3. The molecule has 1 aliphatic rings. The third-order valence-corrected chi connectivity index (χ3v) is 5.09. The Morgan fingerprint density at radius 3 is 2.84 bits per heavy atom. The first-order valence-corrected chi connectivity index (χ1v) is 9.68. The van der Waals surface area contributed by atoms with E-state index in [9.17, 15) is 14.0 Å². The maximum absolute atomic E-state index is 13.2. The Hall–Kier alpha value is -3.69. The van der Waals surface area contributed by atoms with Gasteiger partial charge in [0.1, 0.15) is 17.5 Å². The molecule has 0 aliphatic heterocycles. The summed E-state index contributed by atoms with van der Waals surface area (Å²) >= 11 is 0. The van der Waals surface area contributed by atoms with Crippen molar-refractivity contribution in [3.63, 3.8) is 0 Å². The van der Waals surface area contributed by atoms with Crippen molar-refractivity contribution in [3.8, 4) is 5.75 Å². The number of anilines is 3. The zero-order valence-corrected chi connectivity index (χ0v) is 16.9. The van der Waals surface area contributed by atoms with Crippen LogP contribution >= 0.6 is 0 Å². The van der Waals surface area contributed by atoms with Crippen LogP contribution in [0, 0.1) is 5.92 Å². The van der Waals surface area contributed by atoms with Crippen molar-refractivity contribution in [2.75, 3.05) is 24.7 Å². The summed E-state index contributed by atoms with van der Waals surface area (Å²) in [5, 5.41) is 12.7. The third kappa shape index (κ3) is 3.88. The molecule has 0 unspecified atom stereocenters. The summed E-state index contributed by atoms with van der Waals surface area (Å²) in [4.78, 5) is 28.8. The topological polar surface area (TPSA) is 110 Å². The number of aromatic nitrogens is 3. The van der Waals surface area contributed by atoms with E-state index >= 15 is 0 Å². The first-order chi connectivity index (χ1) is 16.1. The van der Waals surface area contributed by atoms with Gasteiger partial charge in [0.25, 0.3) is 5.91 Å². The molecule has 0 radical (unpaired) electrons. The summed E-state index contributed by atoms with van der Waals surface area (Å²) in [5.74, 6) is -1.60. The smallest absolute Gasteiger partial charge is 0.254 e. The number of ether oxygens (including phenoxy) is 1. The van der Waals surface area contributed by atoms with E-state index < -0.39 is 30.9 Å². The monoisotopic (exact) mass is 429 g/mol. The van der Waals surface area contributed by atoms with Crippen molar-refractivity contribution in [1.29, 1.82) is 0 Å². The lowest BCUT2D eigenvalue weighted by atomic mass is 10.1. The molecule has 0 bridgehead atoms. The lowest BCUT2D eigenvalue weighted by Crippen LogP contribution is -2.21. The molecule has 1 saturated carbocycles. The molecule has 3 aromatic rings. The van der Waals surface area contributed by atoms with Gasteiger partial charge in [0.2, 0.25) is 5.91 Å². The normalized spacial score (nSPS) is 19.1. The lowest BCUT2D eigenvalue weighted by Gasteiger charge is -2.16. The van der Waals surface area contributed by atoms with E-state index in [4.69, 9.17) is 8.85 Å². The van der Waals surface area contributed by atoms with E-state index in [1.165, 1.54) is 13.2 Å². The number of halogens is 1. The van der Waals surface area contributed by atoms with Crippen LogP contribution in [0.5, 0.6) is 5.75 Å². The number of amides is 2. The summed E-state index contributed by atoms with van der Waals surface area (Å²) in [5.41, 5.74) is 1.30. The van der Waals surface area contributed by atoms with Gasteiger partial charge in [-0.15, -0.1) is 0 Å². The molecular weight excluding hydrogens is 403 g/mol. The molecule has 0 saturated heterocycles. The molecule has 1 aromatic carbocycles. The van der Waals surface area contributed by atoms with Crippen LogP contribution in [-0.2, 0) is 11.3 Å². The highest BCUT2D eigenvalue weighted by atomic mass is 19.1. The molecule has 162 valence electrons. The minimum absolute atomic E-state index is 0.0740. The predicted octanol–water partition coefficient (Wildman–Crippen LogP) is 2.86. The molecule has 10 heteroatoms. The summed E-state index contributed by atoms with van der Waals surface area (Å²) in [7, 11) is 1.50. The van der Waals surface area contributed by atoms with Crippen LogP contribution < -0.4 is 20.7 Å². The highest BCUT2D eigenvalue weighted by Crippen LogP contribution is 2.37. The van der Waals surface area contributed by atoms with E-state index in [0.717, 1.165) is 17.1 Å². The highest BCUT2D eigenvalue weighted by molar-refractivity contribution is 6.02. The summed E-state index contributed by atoms with van der Waals surface area (Å²) in [6, 6.07) is 4.92. The highest BCUT2D eigenvalue weighted by Gasteiger charge is 2.43. The van der Waals surface area contributed by atoms with Crippen molar-refractivity contribution in [2.24, 2.45) is 5.92 Å². The molecule has 3 N–H and O–H groups in total. The fourth-order valence-electron chi connectivity index (χ4n) is 3.37.